The summed E-state index contributed by atoms with van der Waals surface area (Å²) in [6.45, 7) is 1.31. The number of carboxylic acid groups (broad SMARTS) is 1. The van der Waals surface area contributed by atoms with Crippen LogP contribution in [0.25, 0.3) is 0 Å². The summed E-state index contributed by atoms with van der Waals surface area (Å²) in [6.07, 6.45) is 4.08. The molecule has 1 saturated heterocycles. The molecule has 4 rings (SSSR count). The molecule has 2 heterocycles. The Labute approximate surface area is 173 Å². The van der Waals surface area contributed by atoms with Crippen LogP contribution in [-0.4, -0.2) is 34.1 Å². The number of ether oxygens (including phenoxy) is 1. The summed E-state index contributed by atoms with van der Waals surface area (Å²) in [5.41, 5.74) is 1.69. The minimum absolute atomic E-state index is 0.0855. The lowest BCUT2D eigenvalue weighted by atomic mass is 10.1. The van der Waals surface area contributed by atoms with E-state index in [1.165, 1.54) is 6.07 Å². The summed E-state index contributed by atoms with van der Waals surface area (Å²) in [7, 11) is 0. The zero-order valence-corrected chi connectivity index (χ0v) is 16.5. The van der Waals surface area contributed by atoms with Crippen molar-refractivity contribution in [3.05, 3.63) is 83.3 Å². The van der Waals surface area contributed by atoms with Crippen molar-refractivity contribution in [1.82, 2.24) is 9.88 Å². The van der Waals surface area contributed by atoms with E-state index in [1.807, 2.05) is 18.2 Å². The molecule has 6 nitrogen and oxygen atoms in total. The summed E-state index contributed by atoms with van der Waals surface area (Å²) in [6, 6.07) is 14.2. The van der Waals surface area contributed by atoms with E-state index >= 15 is 0 Å². The SMILES string of the molecule is O=C(O)COc1ccc(CN2CCC[C@@H]2c2ncc(Cc3ccccc3F)o2)cc1. The quantitative estimate of drug-likeness (QED) is 0.600. The molecule has 0 radical (unpaired) electrons. The van der Waals surface area contributed by atoms with E-state index in [2.05, 4.69) is 9.88 Å². The fourth-order valence-corrected chi connectivity index (χ4v) is 3.75. The first-order valence-corrected chi connectivity index (χ1v) is 9.94. The van der Waals surface area contributed by atoms with Crippen LogP contribution >= 0.6 is 0 Å². The molecule has 0 amide bonds. The van der Waals surface area contributed by atoms with E-state index in [1.54, 1.807) is 30.5 Å². The van der Waals surface area contributed by atoms with E-state index in [0.29, 0.717) is 29.4 Å². The highest BCUT2D eigenvalue weighted by molar-refractivity contribution is 5.68. The zero-order valence-electron chi connectivity index (χ0n) is 16.5. The summed E-state index contributed by atoms with van der Waals surface area (Å²) in [4.78, 5) is 17.4. The molecule has 0 aliphatic carbocycles. The average molecular weight is 410 g/mol. The number of benzene rings is 2. The topological polar surface area (TPSA) is 75.8 Å². The third-order valence-corrected chi connectivity index (χ3v) is 5.21. The number of rotatable bonds is 8. The number of nitrogens with zero attached hydrogens (tertiary/aromatic N) is 2. The molecule has 0 unspecified atom stereocenters. The Bertz CT molecular complexity index is 1000. The number of hydrogen-bond acceptors (Lipinski definition) is 5. The molecule has 1 fully saturated rings. The lowest BCUT2D eigenvalue weighted by Gasteiger charge is -2.22. The second-order valence-electron chi connectivity index (χ2n) is 7.39. The van der Waals surface area contributed by atoms with Gasteiger partial charge in [0.05, 0.1) is 12.2 Å². The van der Waals surface area contributed by atoms with Gasteiger partial charge in [-0.1, -0.05) is 30.3 Å². The molecule has 1 atom stereocenters. The molecule has 1 N–H and O–H groups in total. The van der Waals surface area contributed by atoms with Crippen molar-refractivity contribution < 1.29 is 23.4 Å². The molecule has 1 aromatic heterocycles. The standard InChI is InChI=1S/C23H23FN2O4/c24-20-5-2-1-4-17(20)12-19-13-25-23(30-19)21-6-3-11-26(21)14-16-7-9-18(10-8-16)29-15-22(27)28/h1-2,4-5,7-10,13,21H,3,6,11-12,14-15H2,(H,27,28)/t21-/m1/s1. The van der Waals surface area contributed by atoms with Gasteiger partial charge in [-0.25, -0.2) is 14.2 Å². The van der Waals surface area contributed by atoms with Gasteiger partial charge in [0.25, 0.3) is 0 Å². The largest absolute Gasteiger partial charge is 0.482 e. The minimum atomic E-state index is -1.00. The van der Waals surface area contributed by atoms with Gasteiger partial charge in [-0.3, -0.25) is 4.90 Å². The van der Waals surface area contributed by atoms with Crippen LogP contribution in [0.1, 0.15) is 41.7 Å². The van der Waals surface area contributed by atoms with Crippen molar-refractivity contribution in [2.45, 2.75) is 31.8 Å². The molecule has 1 aliphatic heterocycles. The average Bonchev–Trinajstić information content (AvgIpc) is 3.38. The first kappa shape index (κ1) is 20.1. The van der Waals surface area contributed by atoms with Crippen LogP contribution in [0.15, 0.2) is 59.1 Å². The first-order valence-electron chi connectivity index (χ1n) is 9.94. The van der Waals surface area contributed by atoms with Crippen molar-refractivity contribution in [2.75, 3.05) is 13.2 Å². The van der Waals surface area contributed by atoms with Gasteiger partial charge in [0, 0.05) is 13.0 Å². The Morgan fingerprint density at radius 2 is 2.03 bits per heavy atom. The van der Waals surface area contributed by atoms with Gasteiger partial charge >= 0.3 is 5.97 Å². The highest BCUT2D eigenvalue weighted by Crippen LogP contribution is 2.33. The summed E-state index contributed by atoms with van der Waals surface area (Å²) >= 11 is 0. The molecule has 0 bridgehead atoms. The van der Waals surface area contributed by atoms with Crippen LogP contribution in [0.2, 0.25) is 0 Å². The highest BCUT2D eigenvalue weighted by atomic mass is 19.1. The Hall–Kier alpha value is -3.19. The third kappa shape index (κ3) is 4.86. The van der Waals surface area contributed by atoms with E-state index < -0.39 is 5.97 Å². The number of likely N-dealkylation sites (tertiary alicyclic amines) is 1. The van der Waals surface area contributed by atoms with E-state index in [4.69, 9.17) is 14.3 Å². The molecule has 3 aromatic rings. The zero-order chi connectivity index (χ0) is 20.9. The number of aliphatic carboxylic acids is 1. The maximum absolute atomic E-state index is 13.9. The second kappa shape index (κ2) is 9.09. The molecule has 0 spiro atoms. The summed E-state index contributed by atoms with van der Waals surface area (Å²) in [5.74, 6) is 0.611. The number of oxazole rings is 1. The fraction of sp³-hybridized carbons (Fsp3) is 0.304. The van der Waals surface area contributed by atoms with Gasteiger partial charge in [0.15, 0.2) is 6.61 Å². The Kier molecular flexibility index (Phi) is 6.09. The van der Waals surface area contributed by atoms with E-state index in [9.17, 15) is 9.18 Å². The maximum atomic E-state index is 13.9. The Balaban J connectivity index is 1.40. The number of carboxylic acids is 1. The van der Waals surface area contributed by atoms with Gasteiger partial charge < -0.3 is 14.3 Å². The van der Waals surface area contributed by atoms with E-state index in [0.717, 1.165) is 31.5 Å². The molecule has 7 heteroatoms. The van der Waals surface area contributed by atoms with Crippen LogP contribution < -0.4 is 4.74 Å². The number of hydrogen-bond donors (Lipinski definition) is 1. The summed E-state index contributed by atoms with van der Waals surface area (Å²) in [5, 5.41) is 8.69. The van der Waals surface area contributed by atoms with Crippen molar-refractivity contribution in [3.8, 4) is 5.75 Å². The van der Waals surface area contributed by atoms with Gasteiger partial charge in [-0.05, 0) is 48.7 Å². The highest BCUT2D eigenvalue weighted by Gasteiger charge is 2.30. The van der Waals surface area contributed by atoms with Gasteiger partial charge in [-0.2, -0.15) is 0 Å². The molecular weight excluding hydrogens is 387 g/mol. The lowest BCUT2D eigenvalue weighted by molar-refractivity contribution is -0.139. The van der Waals surface area contributed by atoms with Crippen LogP contribution in [0.5, 0.6) is 5.75 Å². The Morgan fingerprint density at radius 3 is 2.80 bits per heavy atom. The van der Waals surface area contributed by atoms with Crippen molar-refractivity contribution in [3.63, 3.8) is 0 Å². The number of carbonyl (C=O) groups is 1. The first-order chi connectivity index (χ1) is 14.6. The predicted octanol–water partition coefficient (Wildman–Crippen LogP) is 4.21. The molecule has 1 aliphatic rings. The van der Waals surface area contributed by atoms with Gasteiger partial charge in [0.2, 0.25) is 5.89 Å². The van der Waals surface area contributed by atoms with Crippen molar-refractivity contribution >= 4 is 5.97 Å². The molecule has 30 heavy (non-hydrogen) atoms. The fourth-order valence-electron chi connectivity index (χ4n) is 3.75. The second-order valence-corrected chi connectivity index (χ2v) is 7.39. The normalized spacial score (nSPS) is 16.6. The summed E-state index contributed by atoms with van der Waals surface area (Å²) < 4.78 is 25.0. The van der Waals surface area contributed by atoms with Gasteiger partial charge in [0.1, 0.15) is 17.3 Å². The third-order valence-electron chi connectivity index (χ3n) is 5.21. The Morgan fingerprint density at radius 1 is 1.23 bits per heavy atom. The predicted molar refractivity (Wildman–Crippen MR) is 108 cm³/mol. The van der Waals surface area contributed by atoms with Crippen molar-refractivity contribution in [2.24, 2.45) is 0 Å². The maximum Gasteiger partial charge on any atom is 0.341 e. The van der Waals surface area contributed by atoms with E-state index in [-0.39, 0.29) is 18.5 Å². The molecule has 0 saturated carbocycles. The van der Waals surface area contributed by atoms with Crippen LogP contribution in [0, 0.1) is 5.82 Å². The molecular formula is C23H23FN2O4. The minimum Gasteiger partial charge on any atom is -0.482 e. The lowest BCUT2D eigenvalue weighted by Crippen LogP contribution is -2.23. The van der Waals surface area contributed by atoms with Crippen molar-refractivity contribution in [1.29, 1.82) is 0 Å². The number of aromatic nitrogens is 1. The smallest absolute Gasteiger partial charge is 0.341 e. The monoisotopic (exact) mass is 410 g/mol. The van der Waals surface area contributed by atoms with Crippen LogP contribution in [0.4, 0.5) is 4.39 Å². The van der Waals surface area contributed by atoms with Gasteiger partial charge in [-0.15, -0.1) is 0 Å². The number of halogens is 1. The van der Waals surface area contributed by atoms with Crippen LogP contribution in [0.3, 0.4) is 0 Å². The van der Waals surface area contributed by atoms with Crippen LogP contribution in [-0.2, 0) is 17.8 Å². The molecule has 2 aromatic carbocycles. The molecule has 156 valence electrons.